The van der Waals surface area contributed by atoms with E-state index in [1.807, 2.05) is 25.1 Å². The second-order valence-corrected chi connectivity index (χ2v) is 5.61. The average molecular weight is 339 g/mol. The summed E-state index contributed by atoms with van der Waals surface area (Å²) < 4.78 is 5.16. The predicted octanol–water partition coefficient (Wildman–Crippen LogP) is 5.10. The summed E-state index contributed by atoms with van der Waals surface area (Å²) in [5, 5.41) is 1.12. The molecule has 0 aromatic heterocycles. The van der Waals surface area contributed by atoms with E-state index in [0.29, 0.717) is 38.1 Å². The van der Waals surface area contributed by atoms with Crippen molar-refractivity contribution in [3.05, 3.63) is 57.1 Å². The van der Waals surface area contributed by atoms with Gasteiger partial charge in [0.25, 0.3) is 0 Å². The normalized spacial score (nSPS) is 10.3. The lowest BCUT2D eigenvalue weighted by atomic mass is 9.92. The van der Waals surface area contributed by atoms with E-state index in [1.54, 1.807) is 12.1 Å². The largest absolute Gasteiger partial charge is 0.486 e. The lowest BCUT2D eigenvalue weighted by Crippen LogP contribution is -2.05. The molecular weight excluding hydrogens is 327 g/mol. The van der Waals surface area contributed by atoms with Crippen LogP contribution < -0.4 is 0 Å². The number of carbonyl (C=O) groups is 1. The number of benzene rings is 2. The summed E-state index contributed by atoms with van der Waals surface area (Å²) in [5.41, 5.74) is 3.32. The first-order valence-electron chi connectivity index (χ1n) is 6.12. The number of aryl methyl sites for hydroxylation is 1. The monoisotopic (exact) mass is 338 g/mol. The number of thiocarbonyl (C=S) groups is 1. The van der Waals surface area contributed by atoms with Gasteiger partial charge >= 0.3 is 0 Å². The van der Waals surface area contributed by atoms with Crippen LogP contribution in [0.1, 0.15) is 21.5 Å². The number of aldehydes is 1. The van der Waals surface area contributed by atoms with Gasteiger partial charge in [-0.15, -0.1) is 0 Å². The first-order chi connectivity index (χ1) is 10.0. The Morgan fingerprint density at radius 3 is 2.43 bits per heavy atom. The van der Waals surface area contributed by atoms with Crippen molar-refractivity contribution < 1.29 is 9.53 Å². The Balaban J connectivity index is 2.88. The third kappa shape index (κ3) is 2.95. The number of hydrogen-bond donors (Lipinski definition) is 0. The van der Waals surface area contributed by atoms with Gasteiger partial charge in [0.2, 0.25) is 0 Å². The van der Waals surface area contributed by atoms with Crippen molar-refractivity contribution in [1.82, 2.24) is 0 Å². The maximum absolute atomic E-state index is 11.4. The standard InChI is InChI=1S/C16H12Cl2O2S/c1-9-4-3-5-10(16(21)20-2)14(9)15-11(8-19)12(17)6-7-13(15)18/h3-8H,1-2H3. The molecule has 0 radical (unpaired) electrons. The Kier molecular flexibility index (Phi) is 4.99. The fourth-order valence-corrected chi connectivity index (χ4v) is 2.85. The molecule has 2 rings (SSSR count). The zero-order chi connectivity index (χ0) is 15.6. The lowest BCUT2D eigenvalue weighted by molar-refractivity contribution is 0.112. The van der Waals surface area contributed by atoms with Crippen molar-refractivity contribution in [2.24, 2.45) is 0 Å². The van der Waals surface area contributed by atoms with Crippen LogP contribution in [0.15, 0.2) is 30.3 Å². The highest BCUT2D eigenvalue weighted by atomic mass is 35.5. The number of hydrogen-bond acceptors (Lipinski definition) is 3. The molecule has 0 saturated carbocycles. The highest BCUT2D eigenvalue weighted by molar-refractivity contribution is 7.80. The number of rotatable bonds is 3. The molecule has 0 unspecified atom stereocenters. The molecule has 0 amide bonds. The number of halogens is 2. The quantitative estimate of drug-likeness (QED) is 0.575. The molecule has 0 aliphatic heterocycles. The van der Waals surface area contributed by atoms with E-state index in [1.165, 1.54) is 7.11 Å². The Labute approximate surface area is 138 Å². The average Bonchev–Trinajstić information content (AvgIpc) is 2.48. The van der Waals surface area contributed by atoms with Gasteiger partial charge in [0, 0.05) is 21.7 Å². The molecule has 2 aromatic carbocycles. The first kappa shape index (κ1) is 16.0. The zero-order valence-corrected chi connectivity index (χ0v) is 13.8. The maximum Gasteiger partial charge on any atom is 0.191 e. The van der Waals surface area contributed by atoms with Gasteiger partial charge < -0.3 is 4.74 Å². The number of ether oxygens (including phenoxy) is 1. The minimum absolute atomic E-state index is 0.335. The van der Waals surface area contributed by atoms with Gasteiger partial charge in [-0.05, 0) is 48.5 Å². The Hall–Kier alpha value is -1.42. The van der Waals surface area contributed by atoms with Crippen molar-refractivity contribution in [1.29, 1.82) is 0 Å². The summed E-state index contributed by atoms with van der Waals surface area (Å²) >= 11 is 17.7. The van der Waals surface area contributed by atoms with E-state index in [9.17, 15) is 4.79 Å². The molecule has 0 heterocycles. The van der Waals surface area contributed by atoms with Gasteiger partial charge in [-0.1, -0.05) is 35.3 Å². The van der Waals surface area contributed by atoms with Gasteiger partial charge in [0.1, 0.15) is 0 Å². The highest BCUT2D eigenvalue weighted by Crippen LogP contribution is 2.38. The van der Waals surface area contributed by atoms with E-state index in [2.05, 4.69) is 0 Å². The van der Waals surface area contributed by atoms with Crippen LogP contribution in [0, 0.1) is 6.92 Å². The first-order valence-corrected chi connectivity index (χ1v) is 7.29. The minimum Gasteiger partial charge on any atom is -0.486 e. The third-order valence-electron chi connectivity index (χ3n) is 3.19. The molecular formula is C16H12Cl2O2S. The van der Waals surface area contributed by atoms with Gasteiger partial charge in [-0.25, -0.2) is 0 Å². The molecule has 0 atom stereocenters. The van der Waals surface area contributed by atoms with Gasteiger partial charge in [-0.2, -0.15) is 0 Å². The molecule has 0 fully saturated rings. The number of carbonyl (C=O) groups excluding carboxylic acids is 1. The molecule has 108 valence electrons. The van der Waals surface area contributed by atoms with Crippen LogP contribution in [0.25, 0.3) is 11.1 Å². The Morgan fingerprint density at radius 2 is 1.81 bits per heavy atom. The summed E-state index contributed by atoms with van der Waals surface area (Å²) in [6.07, 6.45) is 0.704. The summed E-state index contributed by atoms with van der Waals surface area (Å²) in [6.45, 7) is 1.92. The minimum atomic E-state index is 0.335. The molecule has 2 aromatic rings. The van der Waals surface area contributed by atoms with Crippen LogP contribution in [0.2, 0.25) is 10.0 Å². The van der Waals surface area contributed by atoms with E-state index in [-0.39, 0.29) is 0 Å². The van der Waals surface area contributed by atoms with E-state index in [0.717, 1.165) is 11.1 Å². The smallest absolute Gasteiger partial charge is 0.191 e. The molecule has 0 bridgehead atoms. The molecule has 0 aliphatic rings. The topological polar surface area (TPSA) is 26.3 Å². The third-order valence-corrected chi connectivity index (χ3v) is 4.22. The molecule has 0 spiro atoms. The van der Waals surface area contributed by atoms with Crippen LogP contribution in [-0.2, 0) is 4.74 Å². The van der Waals surface area contributed by atoms with Crippen LogP contribution in [-0.4, -0.2) is 18.4 Å². The van der Waals surface area contributed by atoms with Crippen molar-refractivity contribution in [2.75, 3.05) is 7.11 Å². The Morgan fingerprint density at radius 1 is 1.14 bits per heavy atom. The molecule has 0 aliphatic carbocycles. The van der Waals surface area contributed by atoms with Crippen LogP contribution in [0.5, 0.6) is 0 Å². The van der Waals surface area contributed by atoms with Gasteiger partial charge in [0.15, 0.2) is 11.3 Å². The Bertz CT molecular complexity index is 726. The molecule has 2 nitrogen and oxygen atoms in total. The highest BCUT2D eigenvalue weighted by Gasteiger charge is 2.19. The second kappa shape index (κ2) is 6.56. The van der Waals surface area contributed by atoms with Crippen LogP contribution in [0.4, 0.5) is 0 Å². The SMILES string of the molecule is COC(=S)c1cccc(C)c1-c1c(Cl)ccc(Cl)c1C=O. The summed E-state index contributed by atoms with van der Waals surface area (Å²) in [7, 11) is 1.51. The fraction of sp³-hybridized carbons (Fsp3) is 0.125. The fourth-order valence-electron chi connectivity index (χ4n) is 2.22. The van der Waals surface area contributed by atoms with Crippen molar-refractivity contribution in [3.63, 3.8) is 0 Å². The molecule has 5 heteroatoms. The summed E-state index contributed by atoms with van der Waals surface area (Å²) in [4.78, 5) is 11.4. The maximum atomic E-state index is 11.4. The zero-order valence-electron chi connectivity index (χ0n) is 11.4. The van der Waals surface area contributed by atoms with E-state index >= 15 is 0 Å². The molecule has 0 N–H and O–H groups in total. The molecule has 21 heavy (non-hydrogen) atoms. The van der Waals surface area contributed by atoms with Crippen molar-refractivity contribution >= 4 is 46.8 Å². The predicted molar refractivity (Wildman–Crippen MR) is 90.7 cm³/mol. The summed E-state index contributed by atoms with van der Waals surface area (Å²) in [6, 6.07) is 8.89. The van der Waals surface area contributed by atoms with Crippen LogP contribution >= 0.6 is 35.4 Å². The van der Waals surface area contributed by atoms with Crippen LogP contribution in [0.3, 0.4) is 0 Å². The summed E-state index contributed by atoms with van der Waals surface area (Å²) in [5.74, 6) is 0. The van der Waals surface area contributed by atoms with Gasteiger partial charge in [-0.3, -0.25) is 4.79 Å². The number of methoxy groups -OCH3 is 1. The lowest BCUT2D eigenvalue weighted by Gasteiger charge is -2.16. The van der Waals surface area contributed by atoms with Crippen molar-refractivity contribution in [3.8, 4) is 11.1 Å². The molecule has 0 saturated heterocycles. The van der Waals surface area contributed by atoms with E-state index in [4.69, 9.17) is 40.2 Å². The van der Waals surface area contributed by atoms with Crippen molar-refractivity contribution in [2.45, 2.75) is 6.92 Å². The van der Waals surface area contributed by atoms with E-state index < -0.39 is 0 Å². The van der Waals surface area contributed by atoms with Gasteiger partial charge in [0.05, 0.1) is 12.1 Å². The second-order valence-electron chi connectivity index (χ2n) is 4.42.